The molecule has 1 aliphatic rings. The minimum Gasteiger partial charge on any atom is -0.484 e. The highest BCUT2D eigenvalue weighted by atomic mass is 19.4. The number of unbranched alkanes of at least 4 members (excludes halogenated alkanes) is 2. The SMILES string of the molecule is CC1CCC[C@H]1CCCCCc1nc2ccc(OCC(F)(F)F)cc2[nH]c1=O. The van der Waals surface area contributed by atoms with Gasteiger partial charge in [0.05, 0.1) is 11.0 Å². The fourth-order valence-electron chi connectivity index (χ4n) is 4.05. The molecule has 0 aliphatic heterocycles. The van der Waals surface area contributed by atoms with Crippen molar-refractivity contribution in [2.75, 3.05) is 6.61 Å². The summed E-state index contributed by atoms with van der Waals surface area (Å²) in [4.78, 5) is 19.3. The van der Waals surface area contributed by atoms with E-state index in [0.29, 0.717) is 23.1 Å². The molecule has 4 nitrogen and oxygen atoms in total. The Hall–Kier alpha value is -2.05. The number of aryl methyl sites for hydroxylation is 1. The van der Waals surface area contributed by atoms with Crippen LogP contribution in [0.2, 0.25) is 0 Å². The second kappa shape index (κ2) is 8.97. The Balaban J connectivity index is 1.53. The zero-order chi connectivity index (χ0) is 20.1. The van der Waals surface area contributed by atoms with Gasteiger partial charge in [-0.05, 0) is 36.8 Å². The first-order valence-corrected chi connectivity index (χ1v) is 10.0. The number of halogens is 3. The summed E-state index contributed by atoms with van der Waals surface area (Å²) < 4.78 is 41.5. The van der Waals surface area contributed by atoms with Crippen molar-refractivity contribution < 1.29 is 17.9 Å². The molecule has 154 valence electrons. The highest BCUT2D eigenvalue weighted by Crippen LogP contribution is 2.34. The van der Waals surface area contributed by atoms with Crippen LogP contribution < -0.4 is 10.3 Å². The fraction of sp³-hybridized carbons (Fsp3) is 0.619. The average Bonchev–Trinajstić information content (AvgIpc) is 3.04. The lowest BCUT2D eigenvalue weighted by Gasteiger charge is -2.14. The van der Waals surface area contributed by atoms with Crippen LogP contribution in [0.25, 0.3) is 11.0 Å². The Labute approximate surface area is 162 Å². The third kappa shape index (κ3) is 5.72. The number of hydrogen-bond acceptors (Lipinski definition) is 3. The number of fused-ring (bicyclic) bond motifs is 1. The van der Waals surface area contributed by atoms with E-state index in [9.17, 15) is 18.0 Å². The van der Waals surface area contributed by atoms with Gasteiger partial charge in [0.15, 0.2) is 6.61 Å². The Morgan fingerprint density at radius 2 is 2.04 bits per heavy atom. The van der Waals surface area contributed by atoms with Crippen molar-refractivity contribution in [2.24, 2.45) is 11.8 Å². The number of H-pyrrole nitrogens is 1. The van der Waals surface area contributed by atoms with E-state index in [2.05, 4.69) is 16.9 Å². The Bertz CT molecular complexity index is 848. The predicted molar refractivity (Wildman–Crippen MR) is 103 cm³/mol. The molecule has 0 spiro atoms. The Morgan fingerprint density at radius 1 is 1.21 bits per heavy atom. The van der Waals surface area contributed by atoms with Gasteiger partial charge in [0.25, 0.3) is 5.56 Å². The summed E-state index contributed by atoms with van der Waals surface area (Å²) in [7, 11) is 0. The minimum atomic E-state index is -4.40. The molecule has 28 heavy (non-hydrogen) atoms. The normalized spacial score (nSPS) is 20.0. The molecule has 7 heteroatoms. The zero-order valence-corrected chi connectivity index (χ0v) is 16.1. The number of aromatic amines is 1. The van der Waals surface area contributed by atoms with E-state index >= 15 is 0 Å². The summed E-state index contributed by atoms with van der Waals surface area (Å²) in [6.45, 7) is 0.976. The van der Waals surface area contributed by atoms with Gasteiger partial charge in [-0.3, -0.25) is 4.79 Å². The molecule has 2 aromatic rings. The van der Waals surface area contributed by atoms with Gasteiger partial charge in [0, 0.05) is 6.07 Å². The molecular formula is C21H27F3N2O2. The molecule has 3 rings (SSSR count). The number of ether oxygens (including phenoxy) is 1. The molecule has 1 unspecified atom stereocenters. The molecular weight excluding hydrogens is 369 g/mol. The number of aromatic nitrogens is 2. The first-order chi connectivity index (χ1) is 13.3. The largest absolute Gasteiger partial charge is 0.484 e. The number of benzene rings is 1. The Kier molecular flexibility index (Phi) is 6.62. The second-order valence-electron chi connectivity index (χ2n) is 7.86. The minimum absolute atomic E-state index is 0.0520. The van der Waals surface area contributed by atoms with Gasteiger partial charge in [0.1, 0.15) is 11.4 Å². The van der Waals surface area contributed by atoms with Crippen molar-refractivity contribution in [3.05, 3.63) is 34.2 Å². The highest BCUT2D eigenvalue weighted by molar-refractivity contribution is 5.75. The second-order valence-corrected chi connectivity index (χ2v) is 7.86. The van der Waals surface area contributed by atoms with E-state index in [-0.39, 0.29) is 11.3 Å². The molecule has 0 bridgehead atoms. The average molecular weight is 396 g/mol. The molecule has 0 amide bonds. The van der Waals surface area contributed by atoms with Gasteiger partial charge < -0.3 is 9.72 Å². The summed E-state index contributed by atoms with van der Waals surface area (Å²) in [6.07, 6.45) is 4.70. The van der Waals surface area contributed by atoms with Crippen molar-refractivity contribution in [1.29, 1.82) is 0 Å². The molecule has 1 heterocycles. The van der Waals surface area contributed by atoms with Gasteiger partial charge in [0.2, 0.25) is 0 Å². The molecule has 1 fully saturated rings. The quantitative estimate of drug-likeness (QED) is 0.608. The van der Waals surface area contributed by atoms with Crippen molar-refractivity contribution in [3.8, 4) is 5.75 Å². The highest BCUT2D eigenvalue weighted by Gasteiger charge is 2.28. The van der Waals surface area contributed by atoms with Crippen LogP contribution in [0.15, 0.2) is 23.0 Å². The number of alkyl halides is 3. The first-order valence-electron chi connectivity index (χ1n) is 10.0. The van der Waals surface area contributed by atoms with Gasteiger partial charge in [-0.2, -0.15) is 13.2 Å². The lowest BCUT2D eigenvalue weighted by Crippen LogP contribution is -2.19. The van der Waals surface area contributed by atoms with Crippen LogP contribution in [0.3, 0.4) is 0 Å². The Morgan fingerprint density at radius 3 is 2.75 bits per heavy atom. The maximum absolute atomic E-state index is 12.3. The number of hydrogen-bond donors (Lipinski definition) is 1. The number of nitrogens with zero attached hydrogens (tertiary/aromatic N) is 1. The lowest BCUT2D eigenvalue weighted by atomic mass is 9.92. The van der Waals surface area contributed by atoms with Crippen LogP contribution >= 0.6 is 0 Å². The van der Waals surface area contributed by atoms with Crippen LogP contribution in [0.5, 0.6) is 5.75 Å². The van der Waals surface area contributed by atoms with Crippen LogP contribution in [0.4, 0.5) is 13.2 Å². The van der Waals surface area contributed by atoms with E-state index in [0.717, 1.165) is 24.7 Å². The monoisotopic (exact) mass is 396 g/mol. The van der Waals surface area contributed by atoms with Crippen LogP contribution in [-0.4, -0.2) is 22.8 Å². The summed E-state index contributed by atoms with van der Waals surface area (Å²) in [6, 6.07) is 4.38. The topological polar surface area (TPSA) is 55.0 Å². The van der Waals surface area contributed by atoms with Gasteiger partial charge in [-0.25, -0.2) is 4.98 Å². The van der Waals surface area contributed by atoms with Crippen molar-refractivity contribution in [2.45, 2.75) is 64.5 Å². The molecule has 1 saturated carbocycles. The van der Waals surface area contributed by atoms with Crippen LogP contribution in [-0.2, 0) is 6.42 Å². The van der Waals surface area contributed by atoms with Gasteiger partial charge >= 0.3 is 6.18 Å². The first kappa shape index (κ1) is 20.7. The molecule has 1 aliphatic carbocycles. The maximum atomic E-state index is 12.3. The van der Waals surface area contributed by atoms with E-state index < -0.39 is 12.8 Å². The number of nitrogens with one attached hydrogen (secondary N) is 1. The summed E-state index contributed by atoms with van der Waals surface area (Å²) in [5, 5.41) is 0. The lowest BCUT2D eigenvalue weighted by molar-refractivity contribution is -0.153. The van der Waals surface area contributed by atoms with Crippen molar-refractivity contribution in [3.63, 3.8) is 0 Å². The van der Waals surface area contributed by atoms with E-state index in [1.54, 1.807) is 6.07 Å². The fourth-order valence-corrected chi connectivity index (χ4v) is 4.05. The smallest absolute Gasteiger partial charge is 0.422 e. The van der Waals surface area contributed by atoms with Crippen LogP contribution in [0, 0.1) is 11.8 Å². The molecule has 1 aromatic carbocycles. The third-order valence-corrected chi connectivity index (χ3v) is 5.66. The summed E-state index contributed by atoms with van der Waals surface area (Å²) in [5.41, 5.74) is 1.12. The predicted octanol–water partition coefficient (Wildman–Crippen LogP) is 5.40. The maximum Gasteiger partial charge on any atom is 0.422 e. The third-order valence-electron chi connectivity index (χ3n) is 5.66. The molecule has 0 saturated heterocycles. The summed E-state index contributed by atoms with van der Waals surface area (Å²) >= 11 is 0. The van der Waals surface area contributed by atoms with E-state index in [1.165, 1.54) is 44.2 Å². The van der Waals surface area contributed by atoms with Crippen molar-refractivity contribution >= 4 is 11.0 Å². The standard InChI is InChI=1S/C21H27F3N2O2/c1-14-6-5-8-15(14)7-3-2-4-9-18-20(27)26-19-12-16(10-11-17(19)25-18)28-13-21(22,23)24/h10-12,14-15H,2-9,13H2,1H3,(H,26,27)/t14?,15-/m1/s1. The van der Waals surface area contributed by atoms with Gasteiger partial charge in [-0.15, -0.1) is 0 Å². The molecule has 1 aromatic heterocycles. The molecule has 0 radical (unpaired) electrons. The number of rotatable bonds is 8. The van der Waals surface area contributed by atoms with Crippen LogP contribution in [0.1, 0.15) is 57.6 Å². The van der Waals surface area contributed by atoms with E-state index in [1.807, 2.05) is 0 Å². The molecule has 2 atom stereocenters. The molecule has 1 N–H and O–H groups in total. The van der Waals surface area contributed by atoms with Crippen molar-refractivity contribution in [1.82, 2.24) is 9.97 Å². The summed E-state index contributed by atoms with van der Waals surface area (Å²) in [5.74, 6) is 1.75. The van der Waals surface area contributed by atoms with E-state index in [4.69, 9.17) is 4.74 Å². The zero-order valence-electron chi connectivity index (χ0n) is 16.1. The van der Waals surface area contributed by atoms with Gasteiger partial charge in [-0.1, -0.05) is 45.4 Å².